The first-order valence-electron chi connectivity index (χ1n) is 9.51. The molecule has 0 unspecified atom stereocenters. The summed E-state index contributed by atoms with van der Waals surface area (Å²) in [5.41, 5.74) is 1.72. The second kappa shape index (κ2) is 8.58. The van der Waals surface area contributed by atoms with E-state index in [1.165, 1.54) is 43.8 Å². The molecule has 1 amide bonds. The summed E-state index contributed by atoms with van der Waals surface area (Å²) in [6.07, 6.45) is -3.13. The minimum Gasteiger partial charge on any atom is -0.507 e. The van der Waals surface area contributed by atoms with Crippen LogP contribution in [0.3, 0.4) is 0 Å². The number of benzene rings is 2. The Balaban J connectivity index is 1.48. The van der Waals surface area contributed by atoms with E-state index in [4.69, 9.17) is 4.74 Å². The highest BCUT2D eigenvalue weighted by molar-refractivity contribution is 7.17. The lowest BCUT2D eigenvalue weighted by atomic mass is 10.1. The minimum absolute atomic E-state index is 0.0351. The van der Waals surface area contributed by atoms with Crippen LogP contribution in [0.4, 0.5) is 13.2 Å². The third-order valence-electron chi connectivity index (χ3n) is 4.81. The zero-order valence-electron chi connectivity index (χ0n) is 17.3. The van der Waals surface area contributed by atoms with Crippen LogP contribution in [0.2, 0.25) is 0 Å². The van der Waals surface area contributed by atoms with Crippen molar-refractivity contribution >= 4 is 34.2 Å². The lowest BCUT2D eigenvalue weighted by Crippen LogP contribution is -2.17. The van der Waals surface area contributed by atoms with Crippen LogP contribution in [-0.4, -0.2) is 34.1 Å². The number of phenols is 1. The predicted molar refractivity (Wildman–Crippen MR) is 119 cm³/mol. The van der Waals surface area contributed by atoms with Gasteiger partial charge in [0.15, 0.2) is 0 Å². The number of hydrogen-bond donors (Lipinski definition) is 2. The molecule has 0 radical (unpaired) electrons. The van der Waals surface area contributed by atoms with Crippen molar-refractivity contribution in [2.45, 2.75) is 6.18 Å². The molecule has 0 aliphatic heterocycles. The van der Waals surface area contributed by atoms with E-state index >= 15 is 0 Å². The fourth-order valence-corrected chi connectivity index (χ4v) is 4.04. The summed E-state index contributed by atoms with van der Waals surface area (Å²) in [7, 11) is 2.76. The SMILES string of the molecule is COc1ccc2cc(O)c(C(=O)N/N=C/c3ccc(-c4cc(C(F)(F)F)n(C)n4)s3)cc2c1. The molecule has 7 nitrogen and oxygen atoms in total. The number of methoxy groups -OCH3 is 1. The fourth-order valence-electron chi connectivity index (χ4n) is 3.20. The molecule has 4 rings (SSSR count). The fraction of sp³-hybridized carbons (Fsp3) is 0.136. The summed E-state index contributed by atoms with van der Waals surface area (Å²) >= 11 is 1.17. The number of nitrogens with zero attached hydrogens (tertiary/aromatic N) is 3. The quantitative estimate of drug-likeness (QED) is 0.321. The van der Waals surface area contributed by atoms with Crippen LogP contribution in [0, 0.1) is 0 Å². The number of hydrogen-bond acceptors (Lipinski definition) is 6. The standard InChI is InChI=1S/C22H17F3N4O3S/c1-29-20(22(23,24)25)10-17(28-29)19-6-5-15(33-19)11-26-27-21(31)16-8-13-7-14(32-2)4-3-12(13)9-18(16)30/h3-11,30H,1-2H3,(H,27,31)/b26-11+. The van der Waals surface area contributed by atoms with Crippen LogP contribution in [0.1, 0.15) is 20.9 Å². The molecular formula is C22H17F3N4O3S. The van der Waals surface area contributed by atoms with E-state index in [9.17, 15) is 23.1 Å². The van der Waals surface area contributed by atoms with Gasteiger partial charge in [0.2, 0.25) is 0 Å². The van der Waals surface area contributed by atoms with Gasteiger partial charge in [0, 0.05) is 11.9 Å². The van der Waals surface area contributed by atoms with E-state index in [1.807, 2.05) is 0 Å². The van der Waals surface area contributed by atoms with E-state index in [-0.39, 0.29) is 17.0 Å². The van der Waals surface area contributed by atoms with Crippen molar-refractivity contribution in [2.75, 3.05) is 7.11 Å². The van der Waals surface area contributed by atoms with Gasteiger partial charge in [-0.05, 0) is 53.2 Å². The number of aryl methyl sites for hydroxylation is 1. The van der Waals surface area contributed by atoms with Crippen molar-refractivity contribution < 1.29 is 27.8 Å². The molecule has 0 saturated carbocycles. The van der Waals surface area contributed by atoms with Crippen LogP contribution in [-0.2, 0) is 13.2 Å². The summed E-state index contributed by atoms with van der Waals surface area (Å²) in [5.74, 6) is -0.208. The molecule has 11 heteroatoms. The Hall–Kier alpha value is -3.86. The Morgan fingerprint density at radius 1 is 1.18 bits per heavy atom. The van der Waals surface area contributed by atoms with Gasteiger partial charge in [0.05, 0.1) is 23.8 Å². The Kier molecular flexibility index (Phi) is 5.81. The number of carbonyl (C=O) groups is 1. The maximum Gasteiger partial charge on any atom is 0.433 e. The van der Waals surface area contributed by atoms with Crippen molar-refractivity contribution in [1.29, 1.82) is 0 Å². The molecule has 0 aliphatic rings. The van der Waals surface area contributed by atoms with Crippen molar-refractivity contribution in [3.05, 3.63) is 64.7 Å². The topological polar surface area (TPSA) is 88.7 Å². The number of phenolic OH excluding ortho intramolecular Hbond substituents is 1. The number of fused-ring (bicyclic) bond motifs is 1. The molecule has 2 N–H and O–H groups in total. The Morgan fingerprint density at radius 2 is 1.97 bits per heavy atom. The molecule has 0 spiro atoms. The number of alkyl halides is 3. The second-order valence-corrected chi connectivity index (χ2v) is 8.14. The summed E-state index contributed by atoms with van der Waals surface area (Å²) in [6, 6.07) is 12.5. The molecule has 33 heavy (non-hydrogen) atoms. The van der Waals surface area contributed by atoms with E-state index in [1.54, 1.807) is 30.3 Å². The van der Waals surface area contributed by atoms with Gasteiger partial charge in [0.1, 0.15) is 22.9 Å². The third kappa shape index (κ3) is 4.67. The molecule has 0 bridgehead atoms. The molecule has 0 fully saturated rings. The zero-order valence-corrected chi connectivity index (χ0v) is 18.2. The summed E-state index contributed by atoms with van der Waals surface area (Å²) in [6.45, 7) is 0. The third-order valence-corrected chi connectivity index (χ3v) is 5.86. The lowest BCUT2D eigenvalue weighted by molar-refractivity contribution is -0.143. The smallest absolute Gasteiger partial charge is 0.433 e. The van der Waals surface area contributed by atoms with Gasteiger partial charge in [-0.1, -0.05) is 6.07 Å². The zero-order chi connectivity index (χ0) is 23.8. The number of halogens is 3. The van der Waals surface area contributed by atoms with Crippen LogP contribution in [0.25, 0.3) is 21.3 Å². The average molecular weight is 474 g/mol. The summed E-state index contributed by atoms with van der Waals surface area (Å²) in [5, 5.41) is 19.4. The van der Waals surface area contributed by atoms with Gasteiger partial charge in [-0.3, -0.25) is 9.48 Å². The number of carbonyl (C=O) groups excluding carboxylic acids is 1. The summed E-state index contributed by atoms with van der Waals surface area (Å²) in [4.78, 5) is 13.6. The van der Waals surface area contributed by atoms with E-state index in [0.29, 0.717) is 20.9 Å². The van der Waals surface area contributed by atoms with Gasteiger partial charge < -0.3 is 9.84 Å². The predicted octanol–water partition coefficient (Wildman–Crippen LogP) is 4.80. The second-order valence-electron chi connectivity index (χ2n) is 7.02. The van der Waals surface area contributed by atoms with Gasteiger partial charge in [-0.2, -0.15) is 23.4 Å². The largest absolute Gasteiger partial charge is 0.507 e. The Bertz CT molecular complexity index is 1380. The van der Waals surface area contributed by atoms with Crippen molar-refractivity contribution in [3.8, 4) is 22.1 Å². The van der Waals surface area contributed by atoms with Gasteiger partial charge in [0.25, 0.3) is 5.91 Å². The highest BCUT2D eigenvalue weighted by atomic mass is 32.1. The first-order valence-corrected chi connectivity index (χ1v) is 10.3. The molecule has 2 aromatic heterocycles. The molecular weight excluding hydrogens is 457 g/mol. The number of thiophene rings is 1. The molecule has 0 saturated heterocycles. The van der Waals surface area contributed by atoms with Crippen LogP contribution in [0.5, 0.6) is 11.5 Å². The van der Waals surface area contributed by atoms with Gasteiger partial charge in [-0.15, -0.1) is 11.3 Å². The van der Waals surface area contributed by atoms with E-state index in [2.05, 4.69) is 15.6 Å². The number of hydrazone groups is 1. The molecule has 0 aliphatic carbocycles. The number of aromatic hydroxyl groups is 1. The Morgan fingerprint density at radius 3 is 2.67 bits per heavy atom. The first-order chi connectivity index (χ1) is 15.7. The highest BCUT2D eigenvalue weighted by Gasteiger charge is 2.35. The number of amides is 1. The molecule has 2 heterocycles. The summed E-state index contributed by atoms with van der Waals surface area (Å²) < 4.78 is 44.9. The van der Waals surface area contributed by atoms with Crippen LogP contribution < -0.4 is 10.2 Å². The minimum atomic E-state index is -4.49. The first kappa shape index (κ1) is 22.3. The van der Waals surface area contributed by atoms with Crippen molar-refractivity contribution in [1.82, 2.24) is 15.2 Å². The van der Waals surface area contributed by atoms with Crippen molar-refractivity contribution in [3.63, 3.8) is 0 Å². The average Bonchev–Trinajstić information content (AvgIpc) is 3.39. The molecule has 0 atom stereocenters. The number of ether oxygens (including phenoxy) is 1. The van der Waals surface area contributed by atoms with Gasteiger partial charge >= 0.3 is 6.18 Å². The lowest BCUT2D eigenvalue weighted by Gasteiger charge is -2.07. The van der Waals surface area contributed by atoms with Crippen molar-refractivity contribution in [2.24, 2.45) is 12.1 Å². The maximum atomic E-state index is 13.0. The van der Waals surface area contributed by atoms with Gasteiger partial charge in [-0.25, -0.2) is 5.43 Å². The number of rotatable bonds is 5. The number of aromatic nitrogens is 2. The van der Waals surface area contributed by atoms with E-state index in [0.717, 1.165) is 16.1 Å². The van der Waals surface area contributed by atoms with Crippen LogP contribution in [0.15, 0.2) is 53.6 Å². The normalized spacial score (nSPS) is 11.9. The maximum absolute atomic E-state index is 13.0. The van der Waals surface area contributed by atoms with E-state index < -0.39 is 17.8 Å². The Labute approximate surface area is 189 Å². The molecule has 4 aromatic rings. The number of nitrogens with one attached hydrogen (secondary N) is 1. The van der Waals surface area contributed by atoms with Crippen LogP contribution >= 0.6 is 11.3 Å². The monoisotopic (exact) mass is 474 g/mol. The highest BCUT2D eigenvalue weighted by Crippen LogP contribution is 2.34. The molecule has 2 aromatic carbocycles. The molecule has 170 valence electrons.